The molecular formula is C15H28O2. The van der Waals surface area contributed by atoms with Crippen LogP contribution in [0.2, 0.25) is 0 Å². The summed E-state index contributed by atoms with van der Waals surface area (Å²) in [6.07, 6.45) is 15.8. The molecule has 0 bridgehead atoms. The third-order valence-electron chi connectivity index (χ3n) is 2.73. The molecule has 0 N–H and O–H groups in total. The lowest BCUT2D eigenvalue weighted by molar-refractivity contribution is -0.140. The summed E-state index contributed by atoms with van der Waals surface area (Å²) in [7, 11) is 0. The molecule has 0 rings (SSSR count). The van der Waals surface area contributed by atoms with E-state index in [1.165, 1.54) is 51.9 Å². The van der Waals surface area contributed by atoms with Crippen LogP contribution in [-0.4, -0.2) is 12.6 Å². The molecule has 0 aliphatic heterocycles. The van der Waals surface area contributed by atoms with Gasteiger partial charge in [-0.15, -0.1) is 0 Å². The highest BCUT2D eigenvalue weighted by Crippen LogP contribution is 2.08. The molecule has 0 amide bonds. The summed E-state index contributed by atoms with van der Waals surface area (Å²) in [5, 5.41) is 0. The van der Waals surface area contributed by atoms with Crippen LogP contribution < -0.4 is 0 Å². The highest BCUT2D eigenvalue weighted by Gasteiger charge is 1.90. The zero-order valence-electron chi connectivity index (χ0n) is 11.5. The fourth-order valence-corrected chi connectivity index (χ4v) is 1.73. The summed E-state index contributed by atoms with van der Waals surface area (Å²) >= 11 is 0. The lowest BCUT2D eigenvalue weighted by Crippen LogP contribution is -1.98. The highest BCUT2D eigenvalue weighted by molar-refractivity contribution is 5.65. The third-order valence-corrected chi connectivity index (χ3v) is 2.73. The van der Waals surface area contributed by atoms with Gasteiger partial charge in [-0.2, -0.15) is 0 Å². The molecule has 0 unspecified atom stereocenters. The van der Waals surface area contributed by atoms with E-state index in [1.807, 2.05) is 0 Å². The van der Waals surface area contributed by atoms with E-state index in [0.29, 0.717) is 6.61 Å². The molecule has 0 aromatic rings. The number of hydrogen-bond donors (Lipinski definition) is 0. The predicted octanol–water partition coefficient (Wildman–Crippen LogP) is 4.64. The van der Waals surface area contributed by atoms with Crippen molar-refractivity contribution in [2.75, 3.05) is 6.61 Å². The Labute approximate surface area is 106 Å². The van der Waals surface area contributed by atoms with Crippen molar-refractivity contribution in [2.45, 2.75) is 71.6 Å². The average molecular weight is 240 g/mol. The number of unbranched alkanes of at least 4 members (excludes halogenated alkanes) is 7. The van der Waals surface area contributed by atoms with Gasteiger partial charge >= 0.3 is 5.97 Å². The van der Waals surface area contributed by atoms with Crippen molar-refractivity contribution in [3.8, 4) is 0 Å². The minimum atomic E-state index is -0.189. The van der Waals surface area contributed by atoms with Crippen molar-refractivity contribution in [3.63, 3.8) is 0 Å². The molecule has 0 radical (unpaired) electrons. The van der Waals surface area contributed by atoms with E-state index < -0.39 is 0 Å². The summed E-state index contributed by atoms with van der Waals surface area (Å²) in [4.78, 5) is 10.5. The maximum absolute atomic E-state index is 10.5. The van der Waals surface area contributed by atoms with Crippen molar-refractivity contribution in [2.24, 2.45) is 0 Å². The van der Waals surface area contributed by atoms with E-state index in [-0.39, 0.29) is 5.97 Å². The Bertz CT molecular complexity index is 197. The van der Waals surface area contributed by atoms with E-state index in [0.717, 1.165) is 12.8 Å². The molecule has 17 heavy (non-hydrogen) atoms. The maximum Gasteiger partial charge on any atom is 0.302 e. The fraction of sp³-hybridized carbons (Fsp3) is 0.800. The number of carbonyl (C=O) groups excluding carboxylic acids is 1. The first-order valence-corrected chi connectivity index (χ1v) is 7.05. The van der Waals surface area contributed by atoms with E-state index in [2.05, 4.69) is 19.1 Å². The summed E-state index contributed by atoms with van der Waals surface area (Å²) < 4.78 is 4.83. The summed E-state index contributed by atoms with van der Waals surface area (Å²) in [6.45, 7) is 4.21. The van der Waals surface area contributed by atoms with Crippen LogP contribution in [0.25, 0.3) is 0 Å². The summed E-state index contributed by atoms with van der Waals surface area (Å²) in [5.41, 5.74) is 0. The Hall–Kier alpha value is -0.790. The molecule has 0 saturated heterocycles. The number of carbonyl (C=O) groups is 1. The predicted molar refractivity (Wildman–Crippen MR) is 73.0 cm³/mol. The van der Waals surface area contributed by atoms with Crippen LogP contribution in [-0.2, 0) is 9.53 Å². The van der Waals surface area contributed by atoms with Gasteiger partial charge in [0.05, 0.1) is 6.61 Å². The van der Waals surface area contributed by atoms with E-state index >= 15 is 0 Å². The molecule has 0 saturated carbocycles. The lowest BCUT2D eigenvalue weighted by Gasteiger charge is -1.99. The van der Waals surface area contributed by atoms with Gasteiger partial charge < -0.3 is 4.74 Å². The minimum absolute atomic E-state index is 0.189. The van der Waals surface area contributed by atoms with E-state index in [4.69, 9.17) is 4.74 Å². The zero-order valence-corrected chi connectivity index (χ0v) is 11.5. The van der Waals surface area contributed by atoms with Crippen molar-refractivity contribution in [1.82, 2.24) is 0 Å². The molecule has 100 valence electrons. The summed E-state index contributed by atoms with van der Waals surface area (Å²) in [5.74, 6) is -0.189. The standard InChI is InChI=1S/C15H28O2/c1-3-4-5-6-7-8-9-10-11-12-13-14-17-15(2)16/h11-12H,3-10,13-14H2,1-2H3/b12-11+. The van der Waals surface area contributed by atoms with Gasteiger partial charge in [-0.25, -0.2) is 0 Å². The lowest BCUT2D eigenvalue weighted by atomic mass is 10.1. The minimum Gasteiger partial charge on any atom is -0.466 e. The van der Waals surface area contributed by atoms with Crippen LogP contribution in [0.4, 0.5) is 0 Å². The Kier molecular flexibility index (Phi) is 12.7. The second-order valence-electron chi connectivity index (χ2n) is 4.51. The van der Waals surface area contributed by atoms with Gasteiger partial charge in [0.15, 0.2) is 0 Å². The van der Waals surface area contributed by atoms with Crippen LogP contribution in [0.1, 0.15) is 71.6 Å². The monoisotopic (exact) mass is 240 g/mol. The zero-order chi connectivity index (χ0) is 12.8. The second kappa shape index (κ2) is 13.3. The fourth-order valence-electron chi connectivity index (χ4n) is 1.73. The van der Waals surface area contributed by atoms with Gasteiger partial charge in [0.1, 0.15) is 0 Å². The van der Waals surface area contributed by atoms with Crippen LogP contribution in [0.15, 0.2) is 12.2 Å². The Morgan fingerprint density at radius 2 is 1.53 bits per heavy atom. The van der Waals surface area contributed by atoms with Crippen LogP contribution >= 0.6 is 0 Å². The van der Waals surface area contributed by atoms with Crippen molar-refractivity contribution in [1.29, 1.82) is 0 Å². The molecule has 0 aliphatic carbocycles. The van der Waals surface area contributed by atoms with Crippen molar-refractivity contribution in [3.05, 3.63) is 12.2 Å². The van der Waals surface area contributed by atoms with Crippen LogP contribution in [0, 0.1) is 0 Å². The molecule has 0 aromatic carbocycles. The number of allylic oxidation sites excluding steroid dienone is 1. The maximum atomic E-state index is 10.5. The van der Waals surface area contributed by atoms with E-state index in [9.17, 15) is 4.79 Å². The number of esters is 1. The quantitative estimate of drug-likeness (QED) is 0.299. The highest BCUT2D eigenvalue weighted by atomic mass is 16.5. The molecular weight excluding hydrogens is 212 g/mol. The van der Waals surface area contributed by atoms with Crippen LogP contribution in [0.3, 0.4) is 0 Å². The van der Waals surface area contributed by atoms with Gasteiger partial charge in [0.25, 0.3) is 0 Å². The molecule has 0 heterocycles. The Morgan fingerprint density at radius 1 is 0.941 bits per heavy atom. The van der Waals surface area contributed by atoms with Gasteiger partial charge in [-0.05, 0) is 19.3 Å². The Morgan fingerprint density at radius 3 is 2.18 bits per heavy atom. The molecule has 0 atom stereocenters. The SMILES string of the molecule is CCCCCCCCC/C=C/CCOC(C)=O. The van der Waals surface area contributed by atoms with Crippen molar-refractivity contribution >= 4 is 5.97 Å². The smallest absolute Gasteiger partial charge is 0.302 e. The number of hydrogen-bond acceptors (Lipinski definition) is 2. The first-order chi connectivity index (χ1) is 8.27. The van der Waals surface area contributed by atoms with Crippen molar-refractivity contribution < 1.29 is 9.53 Å². The Balaban J connectivity index is 3.06. The van der Waals surface area contributed by atoms with Gasteiger partial charge in [0, 0.05) is 6.92 Å². The van der Waals surface area contributed by atoms with Gasteiger partial charge in [0.2, 0.25) is 0 Å². The molecule has 0 aliphatic rings. The molecule has 0 spiro atoms. The van der Waals surface area contributed by atoms with Crippen LogP contribution in [0.5, 0.6) is 0 Å². The van der Waals surface area contributed by atoms with Gasteiger partial charge in [-0.3, -0.25) is 4.79 Å². The molecule has 0 fully saturated rings. The van der Waals surface area contributed by atoms with E-state index in [1.54, 1.807) is 0 Å². The molecule has 2 heteroatoms. The normalized spacial score (nSPS) is 10.9. The molecule has 2 nitrogen and oxygen atoms in total. The first-order valence-electron chi connectivity index (χ1n) is 7.05. The molecule has 0 aromatic heterocycles. The second-order valence-corrected chi connectivity index (χ2v) is 4.51. The first kappa shape index (κ1) is 16.2. The largest absolute Gasteiger partial charge is 0.466 e. The van der Waals surface area contributed by atoms with Gasteiger partial charge in [-0.1, -0.05) is 57.6 Å². The number of ether oxygens (including phenoxy) is 1. The topological polar surface area (TPSA) is 26.3 Å². The average Bonchev–Trinajstić information content (AvgIpc) is 2.30. The number of rotatable bonds is 11. The third kappa shape index (κ3) is 15.2. The summed E-state index contributed by atoms with van der Waals surface area (Å²) in [6, 6.07) is 0.